The van der Waals surface area contributed by atoms with Crippen LogP contribution in [0, 0.1) is 0 Å². The second-order valence-electron chi connectivity index (χ2n) is 3.36. The smallest absolute Gasteiger partial charge is 0.271 e. The minimum atomic E-state index is -0.480. The summed E-state index contributed by atoms with van der Waals surface area (Å²) in [5, 5.41) is 3.69. The van der Waals surface area contributed by atoms with E-state index in [1.54, 1.807) is 0 Å². The number of carbonyl (C=O) groups is 1. The lowest BCUT2D eigenvalue weighted by Crippen LogP contribution is -2.13. The number of amides is 1. The van der Waals surface area contributed by atoms with E-state index in [4.69, 9.17) is 10.3 Å². The van der Waals surface area contributed by atoms with Crippen molar-refractivity contribution in [1.29, 1.82) is 0 Å². The van der Waals surface area contributed by atoms with Crippen molar-refractivity contribution in [1.82, 2.24) is 5.16 Å². The lowest BCUT2D eigenvalue weighted by atomic mass is 10.1. The second kappa shape index (κ2) is 3.20. The molecule has 1 heterocycles. The highest BCUT2D eigenvalue weighted by molar-refractivity contribution is 5.92. The van der Waals surface area contributed by atoms with Crippen LogP contribution in [-0.2, 0) is 12.8 Å². The van der Waals surface area contributed by atoms with Gasteiger partial charge in [0.1, 0.15) is 5.76 Å². The normalized spacial score (nSPS) is 16.3. The molecule has 4 nitrogen and oxygen atoms in total. The molecule has 0 unspecified atom stereocenters. The summed E-state index contributed by atoms with van der Waals surface area (Å²) < 4.78 is 5.08. The van der Waals surface area contributed by atoms with Crippen molar-refractivity contribution >= 4 is 5.91 Å². The minimum Gasteiger partial charge on any atom is -0.364 e. The maximum Gasteiger partial charge on any atom is 0.271 e. The Labute approximate surface area is 76.1 Å². The number of hydrogen-bond acceptors (Lipinski definition) is 3. The molecule has 0 saturated carbocycles. The van der Waals surface area contributed by atoms with Gasteiger partial charge in [-0.3, -0.25) is 4.79 Å². The van der Waals surface area contributed by atoms with Gasteiger partial charge < -0.3 is 10.3 Å². The van der Waals surface area contributed by atoms with Crippen LogP contribution in [0.5, 0.6) is 0 Å². The third-order valence-electron chi connectivity index (χ3n) is 2.43. The SMILES string of the molecule is NC(=O)c1noc2c1CCCCC2. The van der Waals surface area contributed by atoms with E-state index < -0.39 is 5.91 Å². The number of aryl methyl sites for hydroxylation is 1. The Morgan fingerprint density at radius 1 is 1.31 bits per heavy atom. The predicted molar refractivity (Wildman–Crippen MR) is 46.3 cm³/mol. The van der Waals surface area contributed by atoms with Gasteiger partial charge in [0.05, 0.1) is 0 Å². The highest BCUT2D eigenvalue weighted by atomic mass is 16.5. The summed E-state index contributed by atoms with van der Waals surface area (Å²) in [5.41, 5.74) is 6.44. The first-order chi connectivity index (χ1) is 6.29. The summed E-state index contributed by atoms with van der Waals surface area (Å²) in [6, 6.07) is 0. The molecule has 0 saturated heterocycles. The standard InChI is InChI=1S/C9H12N2O2/c10-9(12)8-6-4-2-1-3-5-7(6)13-11-8/h1-5H2,(H2,10,12). The summed E-state index contributed by atoms with van der Waals surface area (Å²) in [7, 11) is 0. The average molecular weight is 180 g/mol. The van der Waals surface area contributed by atoms with Crippen LogP contribution in [0.4, 0.5) is 0 Å². The molecule has 0 aliphatic heterocycles. The van der Waals surface area contributed by atoms with Crippen molar-refractivity contribution in [2.24, 2.45) is 5.73 Å². The van der Waals surface area contributed by atoms with Crippen LogP contribution in [0.2, 0.25) is 0 Å². The van der Waals surface area contributed by atoms with Crippen LogP contribution in [0.15, 0.2) is 4.52 Å². The van der Waals surface area contributed by atoms with Gasteiger partial charge in [-0.05, 0) is 19.3 Å². The van der Waals surface area contributed by atoms with Crippen LogP contribution < -0.4 is 5.73 Å². The maximum atomic E-state index is 10.9. The largest absolute Gasteiger partial charge is 0.364 e. The van der Waals surface area contributed by atoms with E-state index in [0.29, 0.717) is 5.69 Å². The molecule has 0 spiro atoms. The number of fused-ring (bicyclic) bond motifs is 1. The van der Waals surface area contributed by atoms with Gasteiger partial charge in [0.2, 0.25) is 0 Å². The number of nitrogens with two attached hydrogens (primary N) is 1. The predicted octanol–water partition coefficient (Wildman–Crippen LogP) is 1.04. The fourth-order valence-corrected chi connectivity index (χ4v) is 1.76. The van der Waals surface area contributed by atoms with Crippen LogP contribution in [0.25, 0.3) is 0 Å². The fourth-order valence-electron chi connectivity index (χ4n) is 1.76. The van der Waals surface area contributed by atoms with Crippen LogP contribution in [-0.4, -0.2) is 11.1 Å². The van der Waals surface area contributed by atoms with Crippen LogP contribution >= 0.6 is 0 Å². The topological polar surface area (TPSA) is 69.1 Å². The van der Waals surface area contributed by atoms with Crippen LogP contribution in [0.1, 0.15) is 41.1 Å². The lowest BCUT2D eigenvalue weighted by Gasteiger charge is -1.94. The fraction of sp³-hybridized carbons (Fsp3) is 0.556. The monoisotopic (exact) mass is 180 g/mol. The lowest BCUT2D eigenvalue weighted by molar-refractivity contribution is 0.0991. The molecule has 13 heavy (non-hydrogen) atoms. The average Bonchev–Trinajstić information content (AvgIpc) is 2.36. The third-order valence-corrected chi connectivity index (χ3v) is 2.43. The molecule has 1 aromatic rings. The zero-order chi connectivity index (χ0) is 9.26. The highest BCUT2D eigenvalue weighted by Crippen LogP contribution is 2.22. The maximum absolute atomic E-state index is 10.9. The summed E-state index contributed by atoms with van der Waals surface area (Å²) in [4.78, 5) is 10.9. The molecule has 2 N–H and O–H groups in total. The summed E-state index contributed by atoms with van der Waals surface area (Å²) in [6.45, 7) is 0. The molecule has 0 atom stereocenters. The van der Waals surface area contributed by atoms with E-state index in [2.05, 4.69) is 5.16 Å². The molecule has 2 rings (SSSR count). The molecule has 1 aliphatic rings. The first-order valence-corrected chi connectivity index (χ1v) is 4.56. The molecular formula is C9H12N2O2. The van der Waals surface area contributed by atoms with Gasteiger partial charge in [-0.25, -0.2) is 0 Å². The van der Waals surface area contributed by atoms with Gasteiger partial charge in [0.25, 0.3) is 5.91 Å². The van der Waals surface area contributed by atoms with Gasteiger partial charge in [-0.15, -0.1) is 0 Å². The number of hydrogen-bond donors (Lipinski definition) is 1. The summed E-state index contributed by atoms with van der Waals surface area (Å²) in [6.07, 6.45) is 5.14. The minimum absolute atomic E-state index is 0.330. The summed E-state index contributed by atoms with van der Waals surface area (Å²) in [5.74, 6) is 0.373. The Bertz CT molecular complexity index is 330. The van der Waals surface area contributed by atoms with E-state index in [9.17, 15) is 4.79 Å². The van der Waals surface area contributed by atoms with E-state index in [1.165, 1.54) is 6.42 Å². The molecule has 0 radical (unpaired) electrons. The van der Waals surface area contributed by atoms with Crippen molar-refractivity contribution in [2.45, 2.75) is 32.1 Å². The highest BCUT2D eigenvalue weighted by Gasteiger charge is 2.20. The first kappa shape index (κ1) is 8.29. The Morgan fingerprint density at radius 2 is 2.08 bits per heavy atom. The molecule has 1 aliphatic carbocycles. The number of aromatic nitrogens is 1. The van der Waals surface area contributed by atoms with Crippen molar-refractivity contribution in [3.05, 3.63) is 17.0 Å². The molecular weight excluding hydrogens is 168 g/mol. The molecule has 0 aromatic carbocycles. The third kappa shape index (κ3) is 1.43. The molecule has 0 bridgehead atoms. The van der Waals surface area contributed by atoms with Crippen molar-refractivity contribution in [3.8, 4) is 0 Å². The number of nitrogens with zero attached hydrogens (tertiary/aromatic N) is 1. The van der Waals surface area contributed by atoms with Gasteiger partial charge in [-0.1, -0.05) is 11.6 Å². The van der Waals surface area contributed by atoms with Gasteiger partial charge in [-0.2, -0.15) is 0 Å². The van der Waals surface area contributed by atoms with Crippen molar-refractivity contribution in [3.63, 3.8) is 0 Å². The molecule has 1 aromatic heterocycles. The van der Waals surface area contributed by atoms with Gasteiger partial charge >= 0.3 is 0 Å². The number of rotatable bonds is 1. The first-order valence-electron chi connectivity index (χ1n) is 4.56. The van der Waals surface area contributed by atoms with Gasteiger partial charge in [0, 0.05) is 12.0 Å². The van der Waals surface area contributed by atoms with E-state index in [1.807, 2.05) is 0 Å². The zero-order valence-electron chi connectivity index (χ0n) is 7.38. The Kier molecular flexibility index (Phi) is 2.04. The van der Waals surface area contributed by atoms with Crippen LogP contribution in [0.3, 0.4) is 0 Å². The van der Waals surface area contributed by atoms with E-state index in [0.717, 1.165) is 37.0 Å². The zero-order valence-corrected chi connectivity index (χ0v) is 7.38. The quantitative estimate of drug-likeness (QED) is 0.656. The number of primary amides is 1. The molecule has 0 fully saturated rings. The van der Waals surface area contributed by atoms with Crippen molar-refractivity contribution in [2.75, 3.05) is 0 Å². The molecule has 70 valence electrons. The molecule has 4 heteroatoms. The Morgan fingerprint density at radius 3 is 2.85 bits per heavy atom. The van der Waals surface area contributed by atoms with Gasteiger partial charge in [0.15, 0.2) is 5.69 Å². The van der Waals surface area contributed by atoms with E-state index >= 15 is 0 Å². The molecule has 1 amide bonds. The van der Waals surface area contributed by atoms with Crippen molar-refractivity contribution < 1.29 is 9.32 Å². The Balaban J connectivity index is 2.39. The van der Waals surface area contributed by atoms with E-state index in [-0.39, 0.29) is 0 Å². The summed E-state index contributed by atoms with van der Waals surface area (Å²) >= 11 is 0. The number of carbonyl (C=O) groups excluding carboxylic acids is 1. The second-order valence-corrected chi connectivity index (χ2v) is 3.36. The Hall–Kier alpha value is -1.32.